The maximum atomic E-state index is 11.4. The molecule has 0 aromatic heterocycles. The number of carbonyl (C=O) groups excluding carboxylic acids is 4. The first-order valence-corrected chi connectivity index (χ1v) is 13.0. The number of carbonyl (C=O) groups is 4. The smallest absolute Gasteiger partial charge is 0.339 e. The third-order valence-electron chi connectivity index (χ3n) is 5.53. The van der Waals surface area contributed by atoms with Crippen LogP contribution in [-0.2, 0) is 14.2 Å². The van der Waals surface area contributed by atoms with Gasteiger partial charge in [0.05, 0.1) is 38.0 Å². The summed E-state index contributed by atoms with van der Waals surface area (Å²) in [6.45, 7) is 12.9. The van der Waals surface area contributed by atoms with E-state index < -0.39 is 5.97 Å². The number of methoxy groups -OCH3 is 3. The predicted molar refractivity (Wildman–Crippen MR) is 160 cm³/mol. The van der Waals surface area contributed by atoms with Crippen LogP contribution in [0, 0.1) is 20.8 Å². The van der Waals surface area contributed by atoms with Crippen molar-refractivity contribution >= 4 is 45.2 Å². The van der Waals surface area contributed by atoms with Crippen LogP contribution in [0.5, 0.6) is 0 Å². The van der Waals surface area contributed by atoms with Gasteiger partial charge in [0.1, 0.15) is 0 Å². The second-order valence-corrected chi connectivity index (χ2v) is 9.75. The standard InChI is InChI=1S/C12H14O2.C11H12O3.C9H9BrO2/c1-8(2)10-6-5-9(3)7-11(10)12(13)14-4;1-7-4-5-9(8(2)12)10(6-7)11(13)14-3;1-6-3-4-8(10)7(5-6)9(11)12-2/h5-7H,1H2,2-4H3;4-6H,1-3H3;3-5H,1-2H3. The Bertz CT molecular complexity index is 1330. The van der Waals surface area contributed by atoms with E-state index in [1.54, 1.807) is 24.3 Å². The highest BCUT2D eigenvalue weighted by Gasteiger charge is 2.15. The predicted octanol–water partition coefficient (Wildman–Crippen LogP) is 7.34. The number of hydrogen-bond donors (Lipinski definition) is 0. The summed E-state index contributed by atoms with van der Waals surface area (Å²) in [5.41, 5.74) is 6.61. The zero-order valence-electron chi connectivity index (χ0n) is 24.1. The number of ether oxygens (including phenoxy) is 3. The van der Waals surface area contributed by atoms with Gasteiger partial charge in [0.25, 0.3) is 0 Å². The second kappa shape index (κ2) is 16.2. The monoisotopic (exact) mass is 610 g/mol. The highest BCUT2D eigenvalue weighted by atomic mass is 79.9. The van der Waals surface area contributed by atoms with Crippen molar-refractivity contribution in [1.82, 2.24) is 0 Å². The van der Waals surface area contributed by atoms with Crippen LogP contribution in [-0.4, -0.2) is 45.0 Å². The maximum Gasteiger partial charge on any atom is 0.339 e. The SMILES string of the molecule is C=C(C)c1ccc(C)cc1C(=O)OC.COC(=O)c1cc(C)ccc1Br.COC(=O)c1cc(C)ccc1C(C)=O. The average molecular weight is 612 g/mol. The molecular weight excluding hydrogens is 576 g/mol. The summed E-state index contributed by atoms with van der Waals surface area (Å²) in [5.74, 6) is -1.23. The molecular formula is C32H35BrO7. The van der Waals surface area contributed by atoms with E-state index in [1.807, 2.05) is 58.0 Å². The Labute approximate surface area is 244 Å². The molecule has 0 amide bonds. The zero-order chi connectivity index (χ0) is 30.6. The molecule has 8 heteroatoms. The first kappa shape index (κ1) is 34.0. The van der Waals surface area contributed by atoms with Crippen LogP contribution in [0.15, 0.2) is 65.6 Å². The summed E-state index contributed by atoms with van der Waals surface area (Å²) in [6.07, 6.45) is 0. The minimum Gasteiger partial charge on any atom is -0.465 e. The van der Waals surface area contributed by atoms with Gasteiger partial charge in [-0.1, -0.05) is 59.2 Å². The third kappa shape index (κ3) is 9.93. The van der Waals surface area contributed by atoms with Crippen LogP contribution in [0.3, 0.4) is 0 Å². The molecule has 0 saturated carbocycles. The van der Waals surface area contributed by atoms with E-state index in [0.29, 0.717) is 22.3 Å². The Morgan fingerprint density at radius 2 is 0.925 bits per heavy atom. The van der Waals surface area contributed by atoms with Gasteiger partial charge in [-0.3, -0.25) is 4.79 Å². The molecule has 0 saturated heterocycles. The minimum absolute atomic E-state index is 0.134. The maximum absolute atomic E-state index is 11.4. The molecule has 3 aromatic carbocycles. The van der Waals surface area contributed by atoms with Crippen LogP contribution in [0.4, 0.5) is 0 Å². The number of ketones is 1. The number of hydrogen-bond acceptors (Lipinski definition) is 7. The third-order valence-corrected chi connectivity index (χ3v) is 6.22. The molecule has 0 radical (unpaired) electrons. The number of aryl methyl sites for hydroxylation is 3. The van der Waals surface area contributed by atoms with Gasteiger partial charge < -0.3 is 14.2 Å². The van der Waals surface area contributed by atoms with E-state index in [9.17, 15) is 19.2 Å². The number of benzene rings is 3. The van der Waals surface area contributed by atoms with Crippen LogP contribution in [0.2, 0.25) is 0 Å². The van der Waals surface area contributed by atoms with Gasteiger partial charge in [-0.2, -0.15) is 0 Å². The Kier molecular flexibility index (Phi) is 13.7. The second-order valence-electron chi connectivity index (χ2n) is 8.89. The van der Waals surface area contributed by atoms with Crippen LogP contribution >= 0.6 is 15.9 Å². The summed E-state index contributed by atoms with van der Waals surface area (Å²) >= 11 is 3.27. The van der Waals surface area contributed by atoms with Gasteiger partial charge in [-0.05, 0) is 80.4 Å². The van der Waals surface area contributed by atoms with Crippen molar-refractivity contribution in [2.75, 3.05) is 21.3 Å². The van der Waals surface area contributed by atoms with Crippen molar-refractivity contribution in [3.8, 4) is 0 Å². The molecule has 7 nitrogen and oxygen atoms in total. The summed E-state index contributed by atoms with van der Waals surface area (Å²) in [7, 11) is 4.05. The van der Waals surface area contributed by atoms with Gasteiger partial charge in [0, 0.05) is 10.0 Å². The lowest BCUT2D eigenvalue weighted by Gasteiger charge is -2.08. The number of esters is 3. The zero-order valence-corrected chi connectivity index (χ0v) is 25.7. The molecule has 3 rings (SSSR count). The molecule has 212 valence electrons. The molecule has 0 atom stereocenters. The fraction of sp³-hybridized carbons (Fsp3) is 0.250. The molecule has 0 aliphatic rings. The topological polar surface area (TPSA) is 96.0 Å². The number of rotatable bonds is 5. The molecule has 40 heavy (non-hydrogen) atoms. The summed E-state index contributed by atoms with van der Waals surface area (Å²) in [5, 5.41) is 0. The van der Waals surface area contributed by atoms with Crippen molar-refractivity contribution in [2.45, 2.75) is 34.6 Å². The molecule has 0 aliphatic heterocycles. The van der Waals surface area contributed by atoms with Gasteiger partial charge in [-0.15, -0.1) is 0 Å². The largest absolute Gasteiger partial charge is 0.465 e. The lowest BCUT2D eigenvalue weighted by atomic mass is 10.00. The van der Waals surface area contributed by atoms with Gasteiger partial charge in [0.15, 0.2) is 5.78 Å². The molecule has 0 aliphatic carbocycles. The van der Waals surface area contributed by atoms with Crippen LogP contribution in [0.1, 0.15) is 77.5 Å². The molecule has 0 fully saturated rings. The van der Waals surface area contributed by atoms with E-state index in [0.717, 1.165) is 32.3 Å². The van der Waals surface area contributed by atoms with Crippen molar-refractivity contribution < 1.29 is 33.4 Å². The normalized spacial score (nSPS) is 9.62. The fourth-order valence-corrected chi connectivity index (χ4v) is 3.87. The Morgan fingerprint density at radius 1 is 0.575 bits per heavy atom. The van der Waals surface area contributed by atoms with E-state index in [2.05, 4.69) is 32.0 Å². The van der Waals surface area contributed by atoms with Gasteiger partial charge in [-0.25, -0.2) is 14.4 Å². The van der Waals surface area contributed by atoms with E-state index >= 15 is 0 Å². The highest BCUT2D eigenvalue weighted by molar-refractivity contribution is 9.10. The number of halogens is 1. The van der Waals surface area contributed by atoms with Crippen molar-refractivity contribution in [1.29, 1.82) is 0 Å². The van der Waals surface area contributed by atoms with Crippen molar-refractivity contribution in [3.63, 3.8) is 0 Å². The lowest BCUT2D eigenvalue weighted by Crippen LogP contribution is -2.08. The molecule has 0 heterocycles. The quantitative estimate of drug-likeness (QED) is 0.169. The number of Topliss-reactive ketones (excluding diaryl/α,β-unsaturated/α-hetero) is 1. The van der Waals surface area contributed by atoms with Gasteiger partial charge >= 0.3 is 17.9 Å². The van der Waals surface area contributed by atoms with Gasteiger partial charge in [0.2, 0.25) is 0 Å². The van der Waals surface area contributed by atoms with Crippen molar-refractivity contribution in [3.05, 3.63) is 110 Å². The first-order valence-electron chi connectivity index (χ1n) is 12.2. The molecule has 0 unspecified atom stereocenters. The summed E-state index contributed by atoms with van der Waals surface area (Å²) in [4.78, 5) is 45.1. The molecule has 0 bridgehead atoms. The van der Waals surface area contributed by atoms with E-state index in [1.165, 1.54) is 28.3 Å². The van der Waals surface area contributed by atoms with Crippen LogP contribution < -0.4 is 0 Å². The minimum atomic E-state index is -0.473. The summed E-state index contributed by atoms with van der Waals surface area (Å²) < 4.78 is 14.7. The van der Waals surface area contributed by atoms with Crippen LogP contribution in [0.25, 0.3) is 5.57 Å². The average Bonchev–Trinajstić information content (AvgIpc) is 2.93. The number of allylic oxidation sites excluding steroid dienone is 1. The molecule has 0 N–H and O–H groups in total. The Balaban J connectivity index is 0.000000301. The van der Waals surface area contributed by atoms with Crippen molar-refractivity contribution in [2.24, 2.45) is 0 Å². The van der Waals surface area contributed by atoms with E-state index in [4.69, 9.17) is 4.74 Å². The molecule has 0 spiro atoms. The Hall–Kier alpha value is -4.04. The molecule has 3 aromatic rings. The first-order chi connectivity index (χ1) is 18.8. The highest BCUT2D eigenvalue weighted by Crippen LogP contribution is 2.20. The fourth-order valence-electron chi connectivity index (χ4n) is 3.46. The summed E-state index contributed by atoms with van der Waals surface area (Å²) in [6, 6.07) is 16.3. The Morgan fingerprint density at radius 3 is 1.32 bits per heavy atom. The van der Waals surface area contributed by atoms with E-state index in [-0.39, 0.29) is 17.7 Å². The lowest BCUT2D eigenvalue weighted by molar-refractivity contribution is 0.0590.